The highest BCUT2D eigenvalue weighted by Gasteiger charge is 2.39. The minimum atomic E-state index is -2.65. The summed E-state index contributed by atoms with van der Waals surface area (Å²) in [6.07, 6.45) is 6.13. The lowest BCUT2D eigenvalue weighted by Crippen LogP contribution is -2.41. The summed E-state index contributed by atoms with van der Waals surface area (Å²) in [6, 6.07) is 6.91. The number of nitrogens with one attached hydrogen (secondary N) is 1. The molecule has 12 nitrogen and oxygen atoms in total. The second kappa shape index (κ2) is 15.5. The second-order valence-corrected chi connectivity index (χ2v) is 17.4. The number of aliphatic hydroxyl groups is 1. The van der Waals surface area contributed by atoms with Crippen molar-refractivity contribution in [1.82, 2.24) is 9.80 Å². The predicted molar refractivity (Wildman–Crippen MR) is 199 cm³/mol. The molecule has 2 unspecified atom stereocenters. The molecule has 2 amide bonds. The zero-order valence-electron chi connectivity index (χ0n) is 29.8. The molecule has 2 fully saturated rings. The third-order valence-electron chi connectivity index (χ3n) is 10.2. The van der Waals surface area contributed by atoms with E-state index in [4.69, 9.17) is 18.9 Å². The molecule has 0 aliphatic carbocycles. The van der Waals surface area contributed by atoms with E-state index >= 15 is 0 Å². The Bertz CT molecular complexity index is 1780. The van der Waals surface area contributed by atoms with Crippen molar-refractivity contribution in [2.75, 3.05) is 70.9 Å². The average molecular weight is 721 g/mol. The molecule has 13 heteroatoms. The van der Waals surface area contributed by atoms with Crippen LogP contribution in [0.4, 0.5) is 11.4 Å². The van der Waals surface area contributed by atoms with Crippen LogP contribution < -0.4 is 24.3 Å². The van der Waals surface area contributed by atoms with Gasteiger partial charge in [0.1, 0.15) is 0 Å². The number of nitrogens with zero attached hydrogens (tertiary/aromatic N) is 3. The molecule has 0 spiro atoms. The SMILES string of the molecule is C=C1C[C@H]2C=Nc3cc(OCCCP(=O)(CCCO)CCCOc4cc5c(cc4OC)C(=O)N4CC(=C)C[C@H]4C(C)N5)c(OC)cc3C(=O)N2C1. The predicted octanol–water partition coefficient (Wildman–Crippen LogP) is 5.76. The van der Waals surface area contributed by atoms with Crippen LogP contribution >= 0.6 is 7.14 Å². The molecule has 4 aliphatic rings. The first-order chi connectivity index (χ1) is 24.5. The van der Waals surface area contributed by atoms with E-state index in [1.165, 1.54) is 7.11 Å². The Balaban J connectivity index is 1.05. The number of aliphatic hydroxyl groups excluding tert-OH is 1. The third-order valence-corrected chi connectivity index (χ3v) is 13.6. The number of methoxy groups -OCH3 is 2. The smallest absolute Gasteiger partial charge is 0.257 e. The summed E-state index contributed by atoms with van der Waals surface area (Å²) in [7, 11) is 0.423. The Morgan fingerprint density at radius 1 is 0.843 bits per heavy atom. The maximum absolute atomic E-state index is 14.0. The molecule has 4 atom stereocenters. The van der Waals surface area contributed by atoms with Crippen molar-refractivity contribution < 1.29 is 38.2 Å². The largest absolute Gasteiger partial charge is 0.493 e. The molecule has 0 bridgehead atoms. The van der Waals surface area contributed by atoms with Crippen LogP contribution in [-0.2, 0) is 4.57 Å². The zero-order chi connectivity index (χ0) is 36.3. The molecule has 2 saturated heterocycles. The molecular formula is C38H49N4O8P. The van der Waals surface area contributed by atoms with Gasteiger partial charge in [0.25, 0.3) is 11.8 Å². The molecule has 2 aromatic carbocycles. The summed E-state index contributed by atoms with van der Waals surface area (Å²) < 4.78 is 37.5. The average Bonchev–Trinajstić information content (AvgIpc) is 3.65. The van der Waals surface area contributed by atoms with Crippen molar-refractivity contribution in [3.8, 4) is 23.0 Å². The molecule has 4 aliphatic heterocycles. The van der Waals surface area contributed by atoms with Crippen molar-refractivity contribution >= 4 is 36.5 Å². The van der Waals surface area contributed by atoms with Gasteiger partial charge in [-0.3, -0.25) is 14.6 Å². The van der Waals surface area contributed by atoms with Crippen LogP contribution in [0.25, 0.3) is 0 Å². The Hall–Kier alpha value is -4.28. The lowest BCUT2D eigenvalue weighted by Gasteiger charge is -2.26. The molecule has 2 aromatic rings. The van der Waals surface area contributed by atoms with Crippen LogP contribution in [0.5, 0.6) is 23.0 Å². The number of hydrogen-bond acceptors (Lipinski definition) is 10. The first kappa shape index (κ1) is 36.5. The highest BCUT2D eigenvalue weighted by molar-refractivity contribution is 7.63. The molecule has 274 valence electrons. The van der Waals surface area contributed by atoms with Crippen molar-refractivity contribution in [2.24, 2.45) is 4.99 Å². The summed E-state index contributed by atoms with van der Waals surface area (Å²) in [6.45, 7) is 11.8. The quantitative estimate of drug-likeness (QED) is 0.134. The van der Waals surface area contributed by atoms with Gasteiger partial charge >= 0.3 is 0 Å². The fraction of sp³-hybridized carbons (Fsp3) is 0.500. The first-order valence-electron chi connectivity index (χ1n) is 17.7. The number of fused-ring (bicyclic) bond motifs is 4. The van der Waals surface area contributed by atoms with E-state index in [0.29, 0.717) is 116 Å². The number of amides is 2. The Morgan fingerprint density at radius 3 is 2.10 bits per heavy atom. The minimum absolute atomic E-state index is 0.0299. The van der Waals surface area contributed by atoms with Gasteiger partial charge in [-0.25, -0.2) is 0 Å². The molecule has 4 heterocycles. The molecule has 51 heavy (non-hydrogen) atoms. The number of anilines is 1. The van der Waals surface area contributed by atoms with Crippen LogP contribution in [0, 0.1) is 0 Å². The van der Waals surface area contributed by atoms with Gasteiger partial charge in [-0.05, 0) is 51.2 Å². The van der Waals surface area contributed by atoms with E-state index in [9.17, 15) is 19.3 Å². The second-order valence-electron chi connectivity index (χ2n) is 13.9. The maximum atomic E-state index is 14.0. The number of hydrogen-bond donors (Lipinski definition) is 2. The van der Waals surface area contributed by atoms with Gasteiger partial charge in [-0.1, -0.05) is 24.3 Å². The maximum Gasteiger partial charge on any atom is 0.257 e. The number of rotatable bonds is 15. The topological polar surface area (TPSA) is 139 Å². The molecular weight excluding hydrogens is 671 g/mol. The van der Waals surface area contributed by atoms with Gasteiger partial charge in [-0.15, -0.1) is 0 Å². The van der Waals surface area contributed by atoms with E-state index in [2.05, 4.69) is 30.4 Å². The molecule has 0 saturated carbocycles. The van der Waals surface area contributed by atoms with Gasteiger partial charge in [0.05, 0.1) is 69.2 Å². The fourth-order valence-corrected chi connectivity index (χ4v) is 10.3. The number of ether oxygens (including phenoxy) is 4. The van der Waals surface area contributed by atoms with Crippen molar-refractivity contribution in [3.63, 3.8) is 0 Å². The number of benzene rings is 2. The third kappa shape index (κ3) is 7.82. The lowest BCUT2D eigenvalue weighted by atomic mass is 10.1. The van der Waals surface area contributed by atoms with Crippen molar-refractivity contribution in [2.45, 2.75) is 57.2 Å². The number of carbonyl (C=O) groups is 2. The molecule has 6 rings (SSSR count). The van der Waals surface area contributed by atoms with Gasteiger partial charge in [-0.2, -0.15) is 0 Å². The van der Waals surface area contributed by atoms with E-state index in [1.54, 1.807) is 36.4 Å². The number of aliphatic imine (C=N–C) groups is 1. The normalized spacial score (nSPS) is 21.9. The summed E-state index contributed by atoms with van der Waals surface area (Å²) in [5.41, 5.74) is 4.27. The van der Waals surface area contributed by atoms with Crippen LogP contribution in [0.3, 0.4) is 0 Å². The van der Waals surface area contributed by atoms with Gasteiger partial charge in [0, 0.05) is 62.6 Å². The zero-order valence-corrected chi connectivity index (χ0v) is 30.7. The molecule has 0 aromatic heterocycles. The monoisotopic (exact) mass is 720 g/mol. The van der Waals surface area contributed by atoms with Crippen molar-refractivity contribution in [3.05, 3.63) is 59.7 Å². The standard InChI is InChI=1S/C38H49N4O8P/c1-24-15-27-21-39-30-19-35(33(47-4)17-28(30)37(44)41(27)22-24)49-10-7-13-51(46,12-6-9-43)14-8-11-50-36-20-31-29(18-34(36)48-5)38(45)42-23-25(2)16-32(42)26(3)40-31/h17-21,26-27,32,40,43H,1-2,6-16,22-23H2,3-5H3/t26?,27-,32-,51?/m0/s1. The van der Waals surface area contributed by atoms with Gasteiger partial charge < -0.3 is 43.7 Å². The first-order valence-corrected chi connectivity index (χ1v) is 19.9. The highest BCUT2D eigenvalue weighted by atomic mass is 31.2. The van der Waals surface area contributed by atoms with Crippen LogP contribution in [0.2, 0.25) is 0 Å². The Kier molecular flexibility index (Phi) is 11.1. The van der Waals surface area contributed by atoms with E-state index in [-0.39, 0.29) is 36.5 Å². The van der Waals surface area contributed by atoms with Crippen LogP contribution in [-0.4, -0.2) is 117 Å². The summed E-state index contributed by atoms with van der Waals surface area (Å²) >= 11 is 0. The highest BCUT2D eigenvalue weighted by Crippen LogP contribution is 2.48. The summed E-state index contributed by atoms with van der Waals surface area (Å²) in [4.78, 5) is 35.0. The Morgan fingerprint density at radius 2 is 1.43 bits per heavy atom. The molecule has 2 N–H and O–H groups in total. The van der Waals surface area contributed by atoms with Gasteiger partial charge in [0.2, 0.25) is 0 Å². The van der Waals surface area contributed by atoms with Crippen LogP contribution in [0.15, 0.2) is 53.6 Å². The Labute approximate surface area is 299 Å². The van der Waals surface area contributed by atoms with E-state index in [0.717, 1.165) is 17.6 Å². The minimum Gasteiger partial charge on any atom is -0.493 e. The molecule has 0 radical (unpaired) electrons. The van der Waals surface area contributed by atoms with Crippen molar-refractivity contribution in [1.29, 1.82) is 0 Å². The van der Waals surface area contributed by atoms with Crippen LogP contribution in [0.1, 0.15) is 59.7 Å². The fourth-order valence-electron chi connectivity index (χ4n) is 7.49. The lowest BCUT2D eigenvalue weighted by molar-refractivity contribution is 0.0735. The number of carbonyl (C=O) groups excluding carboxylic acids is 2. The summed E-state index contributed by atoms with van der Waals surface area (Å²) in [5.74, 6) is 1.71. The summed E-state index contributed by atoms with van der Waals surface area (Å²) in [5, 5.41) is 13.0. The van der Waals surface area contributed by atoms with E-state index in [1.807, 2.05) is 11.0 Å². The van der Waals surface area contributed by atoms with E-state index < -0.39 is 7.14 Å². The van der Waals surface area contributed by atoms with Gasteiger partial charge in [0.15, 0.2) is 23.0 Å².